The number of amides is 3. The van der Waals surface area contributed by atoms with E-state index in [9.17, 15) is 18.8 Å². The van der Waals surface area contributed by atoms with Crippen molar-refractivity contribution in [2.24, 2.45) is 5.92 Å². The molecule has 1 aliphatic heterocycles. The lowest BCUT2D eigenvalue weighted by molar-refractivity contribution is -0.132. The molecule has 3 amide bonds. The maximum atomic E-state index is 12.9. The van der Waals surface area contributed by atoms with Crippen molar-refractivity contribution in [3.8, 4) is 0 Å². The van der Waals surface area contributed by atoms with Gasteiger partial charge in [0.2, 0.25) is 5.91 Å². The van der Waals surface area contributed by atoms with Crippen molar-refractivity contribution in [2.45, 2.75) is 26.7 Å². The summed E-state index contributed by atoms with van der Waals surface area (Å²) in [5, 5.41) is 2.72. The van der Waals surface area contributed by atoms with E-state index in [1.807, 2.05) is 13.8 Å². The van der Waals surface area contributed by atoms with Crippen LogP contribution in [-0.4, -0.2) is 67.0 Å². The number of rotatable bonds is 7. The molecule has 1 saturated heterocycles. The molecule has 8 heteroatoms. The summed E-state index contributed by atoms with van der Waals surface area (Å²) in [6.45, 7) is 6.60. The van der Waals surface area contributed by atoms with Gasteiger partial charge in [-0.05, 0) is 36.6 Å². The number of benzene rings is 1. The van der Waals surface area contributed by atoms with E-state index in [1.165, 1.54) is 24.3 Å². The quantitative estimate of drug-likeness (QED) is 0.721. The average Bonchev–Trinajstić information content (AvgIpc) is 2.69. The molecule has 1 N–H and O–H groups in total. The van der Waals surface area contributed by atoms with Crippen molar-refractivity contribution in [3.05, 3.63) is 35.6 Å². The lowest BCUT2D eigenvalue weighted by atomic mass is 10.2. The molecular formula is C20H28FN3O4. The molecule has 7 nitrogen and oxygen atoms in total. The average molecular weight is 393 g/mol. The Labute approximate surface area is 164 Å². The maximum absolute atomic E-state index is 12.9. The van der Waals surface area contributed by atoms with Crippen LogP contribution in [0.3, 0.4) is 0 Å². The molecule has 0 aromatic heterocycles. The highest BCUT2D eigenvalue weighted by Gasteiger charge is 2.24. The van der Waals surface area contributed by atoms with E-state index >= 15 is 0 Å². The Balaban J connectivity index is 1.63. The minimum Gasteiger partial charge on any atom is -0.449 e. The molecule has 154 valence electrons. The normalized spacial score (nSPS) is 14.1. The number of hydrogen-bond acceptors (Lipinski definition) is 4. The Hall–Kier alpha value is -2.64. The van der Waals surface area contributed by atoms with E-state index in [1.54, 1.807) is 9.80 Å². The lowest BCUT2D eigenvalue weighted by Crippen LogP contribution is -2.50. The first kappa shape index (κ1) is 21.7. The van der Waals surface area contributed by atoms with Crippen LogP contribution in [0.2, 0.25) is 0 Å². The molecule has 2 rings (SSSR count). The number of nitrogens with zero attached hydrogens (tertiary/aromatic N) is 2. The fourth-order valence-corrected chi connectivity index (χ4v) is 2.77. The highest BCUT2D eigenvalue weighted by atomic mass is 19.1. The van der Waals surface area contributed by atoms with E-state index in [2.05, 4.69) is 5.32 Å². The minimum absolute atomic E-state index is 0.00577. The van der Waals surface area contributed by atoms with Crippen molar-refractivity contribution in [1.82, 2.24) is 15.1 Å². The van der Waals surface area contributed by atoms with Gasteiger partial charge in [-0.3, -0.25) is 9.59 Å². The Bertz CT molecular complexity index is 671. The van der Waals surface area contributed by atoms with Gasteiger partial charge in [0.05, 0.1) is 6.61 Å². The van der Waals surface area contributed by atoms with E-state index in [4.69, 9.17) is 4.74 Å². The number of carbonyl (C=O) groups excluding carboxylic acids is 3. The molecule has 1 fully saturated rings. The van der Waals surface area contributed by atoms with Crippen LogP contribution < -0.4 is 5.32 Å². The Morgan fingerprint density at radius 1 is 1.07 bits per heavy atom. The highest BCUT2D eigenvalue weighted by molar-refractivity contribution is 5.94. The minimum atomic E-state index is -0.393. The molecule has 0 aliphatic carbocycles. The van der Waals surface area contributed by atoms with Crippen molar-refractivity contribution in [1.29, 1.82) is 0 Å². The third-order valence-corrected chi connectivity index (χ3v) is 4.39. The molecule has 1 heterocycles. The fourth-order valence-electron chi connectivity index (χ4n) is 2.77. The van der Waals surface area contributed by atoms with E-state index in [-0.39, 0.29) is 23.8 Å². The lowest BCUT2D eigenvalue weighted by Gasteiger charge is -2.34. The van der Waals surface area contributed by atoms with Gasteiger partial charge in [-0.1, -0.05) is 13.8 Å². The maximum Gasteiger partial charge on any atom is 0.409 e. The zero-order valence-electron chi connectivity index (χ0n) is 16.4. The molecule has 0 radical (unpaired) electrons. The van der Waals surface area contributed by atoms with Crippen LogP contribution in [0.5, 0.6) is 0 Å². The number of nitrogens with one attached hydrogen (secondary N) is 1. The molecule has 1 aromatic rings. The van der Waals surface area contributed by atoms with Gasteiger partial charge in [-0.2, -0.15) is 0 Å². The molecule has 1 aliphatic rings. The number of ether oxygens (including phenoxy) is 1. The van der Waals surface area contributed by atoms with Crippen LogP contribution >= 0.6 is 0 Å². The van der Waals surface area contributed by atoms with Gasteiger partial charge in [0.1, 0.15) is 5.82 Å². The van der Waals surface area contributed by atoms with Gasteiger partial charge in [-0.15, -0.1) is 0 Å². The van der Waals surface area contributed by atoms with Gasteiger partial charge in [0.15, 0.2) is 0 Å². The molecule has 1 aromatic carbocycles. The van der Waals surface area contributed by atoms with Crippen molar-refractivity contribution in [3.63, 3.8) is 0 Å². The molecule has 0 saturated carbocycles. The zero-order valence-corrected chi connectivity index (χ0v) is 16.4. The van der Waals surface area contributed by atoms with Gasteiger partial charge < -0.3 is 19.9 Å². The van der Waals surface area contributed by atoms with E-state index < -0.39 is 5.82 Å². The van der Waals surface area contributed by atoms with Crippen molar-refractivity contribution < 1.29 is 23.5 Å². The van der Waals surface area contributed by atoms with E-state index in [0.717, 1.165) is 0 Å². The first-order valence-electron chi connectivity index (χ1n) is 9.60. The Kier molecular flexibility index (Phi) is 8.22. The largest absolute Gasteiger partial charge is 0.449 e. The van der Waals surface area contributed by atoms with Gasteiger partial charge in [0.25, 0.3) is 5.91 Å². The summed E-state index contributed by atoms with van der Waals surface area (Å²) >= 11 is 0. The number of piperazine rings is 1. The predicted molar refractivity (Wildman–Crippen MR) is 102 cm³/mol. The van der Waals surface area contributed by atoms with Crippen LogP contribution in [0.15, 0.2) is 24.3 Å². The molecular weight excluding hydrogens is 365 g/mol. The second kappa shape index (κ2) is 10.6. The molecule has 0 unspecified atom stereocenters. The Morgan fingerprint density at radius 3 is 2.29 bits per heavy atom. The van der Waals surface area contributed by atoms with Crippen LogP contribution in [0.25, 0.3) is 0 Å². The topological polar surface area (TPSA) is 79.0 Å². The highest BCUT2D eigenvalue weighted by Crippen LogP contribution is 2.08. The molecule has 0 spiro atoms. The van der Waals surface area contributed by atoms with Crippen molar-refractivity contribution in [2.75, 3.05) is 39.3 Å². The second-order valence-corrected chi connectivity index (χ2v) is 7.20. The zero-order chi connectivity index (χ0) is 20.5. The molecule has 28 heavy (non-hydrogen) atoms. The summed E-state index contributed by atoms with van der Waals surface area (Å²) in [6, 6.07) is 5.30. The SMILES string of the molecule is CC(C)COC(=O)N1CCN(C(=O)CCCNC(=O)c2ccc(F)cc2)CC1. The summed E-state index contributed by atoms with van der Waals surface area (Å²) in [4.78, 5) is 39.5. The van der Waals surface area contributed by atoms with Crippen molar-refractivity contribution >= 4 is 17.9 Å². The Morgan fingerprint density at radius 2 is 1.68 bits per heavy atom. The third-order valence-electron chi connectivity index (χ3n) is 4.39. The van der Waals surface area contributed by atoms with Crippen LogP contribution in [0, 0.1) is 11.7 Å². The summed E-state index contributed by atoms with van der Waals surface area (Å²) in [5.41, 5.74) is 0.383. The number of halogens is 1. The smallest absolute Gasteiger partial charge is 0.409 e. The van der Waals surface area contributed by atoms with E-state index in [0.29, 0.717) is 57.7 Å². The third kappa shape index (κ3) is 6.83. The monoisotopic (exact) mass is 393 g/mol. The first-order chi connectivity index (χ1) is 13.4. The van der Waals surface area contributed by atoms with Gasteiger partial charge in [-0.25, -0.2) is 9.18 Å². The van der Waals surface area contributed by atoms with Crippen LogP contribution in [0.4, 0.5) is 9.18 Å². The summed E-state index contributed by atoms with van der Waals surface area (Å²) < 4.78 is 18.1. The summed E-state index contributed by atoms with van der Waals surface area (Å²) in [6.07, 6.45) is 0.508. The van der Waals surface area contributed by atoms with Crippen LogP contribution in [0.1, 0.15) is 37.0 Å². The number of carbonyl (C=O) groups is 3. The van der Waals surface area contributed by atoms with Gasteiger partial charge >= 0.3 is 6.09 Å². The summed E-state index contributed by atoms with van der Waals surface area (Å²) in [7, 11) is 0. The molecule has 0 bridgehead atoms. The van der Waals surface area contributed by atoms with Crippen LogP contribution in [-0.2, 0) is 9.53 Å². The first-order valence-corrected chi connectivity index (χ1v) is 9.60. The predicted octanol–water partition coefficient (Wildman–Crippen LogP) is 2.27. The number of hydrogen-bond donors (Lipinski definition) is 1. The van der Waals surface area contributed by atoms with Gasteiger partial charge in [0, 0.05) is 44.7 Å². The fraction of sp³-hybridized carbons (Fsp3) is 0.550. The second-order valence-electron chi connectivity index (χ2n) is 7.20. The molecule has 0 atom stereocenters. The summed E-state index contributed by atoms with van der Waals surface area (Å²) in [5.74, 6) is -0.391. The standard InChI is InChI=1S/C20H28FN3O4/c1-15(2)14-28-20(27)24-12-10-23(11-13-24)18(25)4-3-9-22-19(26)16-5-7-17(21)8-6-16/h5-8,15H,3-4,9-14H2,1-2H3,(H,22,26).